The van der Waals surface area contributed by atoms with Crippen LogP contribution in [0.15, 0.2) is 24.3 Å². The molecule has 1 aliphatic rings. The largest absolute Gasteiger partial charge is 0.478 e. The molecule has 0 aliphatic carbocycles. The normalized spacial score (nSPS) is 14.5. The molecule has 0 bridgehead atoms. The molecule has 13 heteroatoms. The summed E-state index contributed by atoms with van der Waals surface area (Å²) in [6.07, 6.45) is -6.53. The van der Waals surface area contributed by atoms with E-state index in [0.717, 1.165) is 24.3 Å². The minimum Gasteiger partial charge on any atom is -0.478 e. The van der Waals surface area contributed by atoms with Crippen molar-refractivity contribution in [3.63, 3.8) is 0 Å². The Hall–Kier alpha value is -3.77. The highest BCUT2D eigenvalue weighted by molar-refractivity contribution is 5.89. The summed E-state index contributed by atoms with van der Waals surface area (Å²) in [5.41, 5.74) is -3.35. The number of benzene rings is 1. The van der Waals surface area contributed by atoms with Crippen molar-refractivity contribution in [3.05, 3.63) is 64.0 Å². The maximum atomic E-state index is 14.3. The van der Waals surface area contributed by atoms with E-state index >= 15 is 0 Å². The Morgan fingerprint density at radius 3 is 2.45 bits per heavy atom. The summed E-state index contributed by atoms with van der Waals surface area (Å²) in [5, 5.41) is 11.7. The lowest BCUT2D eigenvalue weighted by atomic mass is 9.98. The number of carbonyl (C=O) groups is 3. The average Bonchev–Trinajstić information content (AvgIpc) is 2.78. The van der Waals surface area contributed by atoms with Crippen LogP contribution < -0.4 is 5.32 Å². The van der Waals surface area contributed by atoms with E-state index < -0.39 is 65.1 Å². The third-order valence-electron chi connectivity index (χ3n) is 5.65. The molecule has 2 aromatic rings. The number of alkyl carbamates (subject to hydrolysis) is 1. The zero-order valence-electron chi connectivity index (χ0n) is 20.8. The predicted molar refractivity (Wildman–Crippen MR) is 123 cm³/mol. The molecule has 0 fully saturated rings. The van der Waals surface area contributed by atoms with Crippen LogP contribution in [0.3, 0.4) is 0 Å². The molecule has 3 rings (SSSR count). The van der Waals surface area contributed by atoms with E-state index in [0.29, 0.717) is 0 Å². The van der Waals surface area contributed by atoms with E-state index in [2.05, 4.69) is 10.3 Å². The molecule has 1 unspecified atom stereocenters. The topological polar surface area (TPSA) is 109 Å². The number of carbonyl (C=O) groups excluding carboxylic acids is 2. The minimum atomic E-state index is -5.02. The molecule has 0 spiro atoms. The number of nitrogens with one attached hydrogen (secondary N) is 1. The summed E-state index contributed by atoms with van der Waals surface area (Å²) in [6.45, 7) is 4.56. The van der Waals surface area contributed by atoms with Gasteiger partial charge < -0.3 is 20.1 Å². The molecule has 1 atom stereocenters. The second-order valence-corrected chi connectivity index (χ2v) is 9.85. The smallest absolute Gasteiger partial charge is 0.434 e. The average molecular weight is 543 g/mol. The van der Waals surface area contributed by atoms with Crippen LogP contribution in [0.5, 0.6) is 0 Å². The van der Waals surface area contributed by atoms with Gasteiger partial charge >= 0.3 is 18.2 Å². The van der Waals surface area contributed by atoms with Gasteiger partial charge in [-0.25, -0.2) is 23.4 Å². The lowest BCUT2D eigenvalue weighted by Gasteiger charge is -2.31. The molecule has 1 aromatic carbocycles. The number of amides is 2. The lowest BCUT2D eigenvalue weighted by Crippen LogP contribution is -2.45. The second-order valence-electron chi connectivity index (χ2n) is 9.85. The molecular weight excluding hydrogens is 517 g/mol. The van der Waals surface area contributed by atoms with Gasteiger partial charge in [0.15, 0.2) is 5.69 Å². The van der Waals surface area contributed by atoms with Crippen molar-refractivity contribution in [2.75, 3.05) is 6.54 Å². The third kappa shape index (κ3) is 7.39. The van der Waals surface area contributed by atoms with Gasteiger partial charge in [-0.3, -0.25) is 4.79 Å². The van der Waals surface area contributed by atoms with Gasteiger partial charge in [0.2, 0.25) is 5.91 Å². The second kappa shape index (κ2) is 10.9. The van der Waals surface area contributed by atoms with Gasteiger partial charge in [-0.1, -0.05) is 0 Å². The first-order chi connectivity index (χ1) is 17.5. The van der Waals surface area contributed by atoms with Gasteiger partial charge in [-0.15, -0.1) is 0 Å². The number of hydrogen-bond donors (Lipinski definition) is 2. The number of halogens is 5. The van der Waals surface area contributed by atoms with Crippen LogP contribution in [0.25, 0.3) is 0 Å². The molecule has 38 heavy (non-hydrogen) atoms. The van der Waals surface area contributed by atoms with Crippen molar-refractivity contribution < 1.29 is 46.2 Å². The number of fused-ring (bicyclic) bond motifs is 1. The number of pyridine rings is 1. The Morgan fingerprint density at radius 1 is 1.16 bits per heavy atom. The minimum absolute atomic E-state index is 0.0470. The number of ether oxygens (including phenoxy) is 1. The van der Waals surface area contributed by atoms with Gasteiger partial charge in [-0.2, -0.15) is 13.2 Å². The van der Waals surface area contributed by atoms with Gasteiger partial charge in [0.25, 0.3) is 0 Å². The highest BCUT2D eigenvalue weighted by Gasteiger charge is 2.39. The van der Waals surface area contributed by atoms with Crippen molar-refractivity contribution in [1.29, 1.82) is 0 Å². The summed E-state index contributed by atoms with van der Waals surface area (Å²) in [6, 6.07) is 2.64. The Kier molecular flexibility index (Phi) is 8.27. The Morgan fingerprint density at radius 2 is 1.84 bits per heavy atom. The van der Waals surface area contributed by atoms with Crippen LogP contribution in [0.2, 0.25) is 0 Å². The SMILES string of the molecule is CC(C)(C)OC(=O)NC(CC(=O)N1CCc2cc(C(=O)O)c(C(F)(F)F)nc2C1)Cc1cc(F)ccc1F. The van der Waals surface area contributed by atoms with E-state index in [-0.39, 0.29) is 42.8 Å². The first-order valence-corrected chi connectivity index (χ1v) is 11.6. The zero-order chi connectivity index (χ0) is 28.4. The van der Waals surface area contributed by atoms with Gasteiger partial charge in [0, 0.05) is 19.0 Å². The van der Waals surface area contributed by atoms with E-state index in [4.69, 9.17) is 4.74 Å². The molecule has 8 nitrogen and oxygen atoms in total. The molecule has 1 aromatic heterocycles. The maximum Gasteiger partial charge on any atom is 0.434 e. The Labute approximate surface area is 214 Å². The van der Waals surface area contributed by atoms with Gasteiger partial charge in [0.1, 0.15) is 17.2 Å². The molecule has 0 radical (unpaired) electrons. The van der Waals surface area contributed by atoms with Crippen molar-refractivity contribution in [1.82, 2.24) is 15.2 Å². The van der Waals surface area contributed by atoms with E-state index in [1.165, 1.54) is 4.90 Å². The van der Waals surface area contributed by atoms with Crippen LogP contribution in [0.1, 0.15) is 60.1 Å². The van der Waals surface area contributed by atoms with Crippen molar-refractivity contribution in [2.45, 2.75) is 64.4 Å². The van der Waals surface area contributed by atoms with E-state index in [1.54, 1.807) is 20.8 Å². The molecule has 1 aliphatic heterocycles. The number of alkyl halides is 3. The molecule has 2 heterocycles. The van der Waals surface area contributed by atoms with Crippen molar-refractivity contribution >= 4 is 18.0 Å². The van der Waals surface area contributed by atoms with Crippen LogP contribution in [0.4, 0.5) is 26.7 Å². The predicted octanol–water partition coefficient (Wildman–Crippen LogP) is 4.49. The monoisotopic (exact) mass is 543 g/mol. The number of rotatable bonds is 6. The summed E-state index contributed by atoms with van der Waals surface area (Å²) >= 11 is 0. The summed E-state index contributed by atoms with van der Waals surface area (Å²) in [7, 11) is 0. The number of nitrogens with zero attached hydrogens (tertiary/aromatic N) is 2. The lowest BCUT2D eigenvalue weighted by molar-refractivity contribution is -0.141. The molecular formula is C25H26F5N3O5. The highest BCUT2D eigenvalue weighted by Crippen LogP contribution is 2.33. The Bertz CT molecular complexity index is 1240. The fourth-order valence-electron chi connectivity index (χ4n) is 4.01. The molecule has 0 saturated heterocycles. The fraction of sp³-hybridized carbons (Fsp3) is 0.440. The van der Waals surface area contributed by atoms with Gasteiger partial charge in [-0.05, 0) is 69.0 Å². The molecule has 2 amide bonds. The number of carboxylic acid groups (broad SMARTS) is 1. The van der Waals surface area contributed by atoms with Crippen LogP contribution in [-0.2, 0) is 35.1 Å². The van der Waals surface area contributed by atoms with E-state index in [1.807, 2.05) is 0 Å². The number of hydrogen-bond acceptors (Lipinski definition) is 5. The Balaban J connectivity index is 1.82. The highest BCUT2D eigenvalue weighted by atomic mass is 19.4. The maximum absolute atomic E-state index is 14.3. The first kappa shape index (κ1) is 28.8. The fourth-order valence-corrected chi connectivity index (χ4v) is 4.01. The summed E-state index contributed by atoms with van der Waals surface area (Å²) in [5.74, 6) is -3.83. The van der Waals surface area contributed by atoms with Crippen LogP contribution in [-0.4, -0.2) is 51.1 Å². The first-order valence-electron chi connectivity index (χ1n) is 11.6. The van der Waals surface area contributed by atoms with Crippen molar-refractivity contribution in [3.8, 4) is 0 Å². The molecule has 206 valence electrons. The van der Waals surface area contributed by atoms with Crippen molar-refractivity contribution in [2.24, 2.45) is 0 Å². The summed E-state index contributed by atoms with van der Waals surface area (Å²) < 4.78 is 73.4. The standard InChI is InChI=1S/C25H26F5N3O5/c1-24(2,3)38-23(37)31-16(9-14-8-15(26)4-5-18(14)27)11-20(34)33-7-6-13-10-17(22(35)36)21(25(28,29)30)32-19(13)12-33/h4-5,8,10,16H,6-7,9,11-12H2,1-3H3,(H,31,37)(H,35,36). The quantitative estimate of drug-likeness (QED) is 0.520. The zero-order valence-corrected chi connectivity index (χ0v) is 20.8. The number of aromatic carboxylic acids is 1. The molecule has 0 saturated carbocycles. The third-order valence-corrected chi connectivity index (χ3v) is 5.65. The van der Waals surface area contributed by atoms with Crippen LogP contribution >= 0.6 is 0 Å². The van der Waals surface area contributed by atoms with E-state index in [9.17, 15) is 41.4 Å². The number of carboxylic acids is 1. The van der Waals surface area contributed by atoms with Gasteiger partial charge in [0.05, 0.1) is 17.8 Å². The summed E-state index contributed by atoms with van der Waals surface area (Å²) in [4.78, 5) is 41.5. The number of aromatic nitrogens is 1. The van der Waals surface area contributed by atoms with Crippen LogP contribution in [0, 0.1) is 11.6 Å². The molecule has 2 N–H and O–H groups in total.